The maximum Gasteiger partial charge on any atom is 0.233 e. The average molecular weight is 314 g/mol. The van der Waals surface area contributed by atoms with Crippen LogP contribution in [0.2, 0.25) is 0 Å². The van der Waals surface area contributed by atoms with Gasteiger partial charge in [-0.1, -0.05) is 28.1 Å². The van der Waals surface area contributed by atoms with E-state index < -0.39 is 0 Å². The first-order chi connectivity index (χ1) is 8.61. The van der Waals surface area contributed by atoms with E-state index in [0.29, 0.717) is 6.42 Å². The highest BCUT2D eigenvalue weighted by Crippen LogP contribution is 2.12. The Hall–Kier alpha value is -0.910. The van der Waals surface area contributed by atoms with Crippen molar-refractivity contribution in [3.8, 4) is 0 Å². The molecule has 0 fully saturated rings. The molecule has 0 aromatic heterocycles. The summed E-state index contributed by atoms with van der Waals surface area (Å²) in [5.41, 5.74) is 3.43. The van der Waals surface area contributed by atoms with Crippen molar-refractivity contribution in [1.82, 2.24) is 10.3 Å². The lowest BCUT2D eigenvalue weighted by Crippen LogP contribution is -2.29. The molecule has 4 nitrogen and oxygen atoms in total. The van der Waals surface area contributed by atoms with Gasteiger partial charge in [0.1, 0.15) is 0 Å². The summed E-state index contributed by atoms with van der Waals surface area (Å²) in [6, 6.07) is 8.33. The molecule has 100 valence electrons. The van der Waals surface area contributed by atoms with E-state index in [1.165, 1.54) is 5.56 Å². The molecule has 3 N–H and O–H groups in total. The Kier molecular flexibility index (Phi) is 6.93. The molecular weight excluding hydrogens is 294 g/mol. The second-order valence-corrected chi connectivity index (χ2v) is 5.30. The molecule has 0 aliphatic carbocycles. The van der Waals surface area contributed by atoms with Gasteiger partial charge in [0.25, 0.3) is 0 Å². The summed E-state index contributed by atoms with van der Waals surface area (Å²) in [6.07, 6.45) is 2.37. The van der Waals surface area contributed by atoms with Gasteiger partial charge >= 0.3 is 0 Å². The Morgan fingerprint density at radius 3 is 2.61 bits per heavy atom. The monoisotopic (exact) mass is 313 g/mol. The Labute approximate surface area is 117 Å². The molecule has 0 aliphatic rings. The Balaban J connectivity index is 2.19. The van der Waals surface area contributed by atoms with Gasteiger partial charge in [-0.2, -0.15) is 0 Å². The first-order valence-corrected chi connectivity index (χ1v) is 6.83. The van der Waals surface area contributed by atoms with Crippen LogP contribution in [0.25, 0.3) is 0 Å². The number of amides is 1. The topological polar surface area (TPSA) is 58.4 Å². The predicted octanol–water partition coefficient (Wildman–Crippen LogP) is 2.04. The average Bonchev–Trinajstić information content (AvgIpc) is 2.37. The fourth-order valence-electron chi connectivity index (χ4n) is 1.72. The van der Waals surface area contributed by atoms with E-state index in [4.69, 9.17) is 5.84 Å². The molecule has 0 saturated carbocycles. The molecule has 1 rings (SSSR count). The molecular formula is C13H20BrN3O. The molecule has 0 bridgehead atoms. The van der Waals surface area contributed by atoms with E-state index in [1.54, 1.807) is 0 Å². The van der Waals surface area contributed by atoms with Crippen LogP contribution in [0, 0.1) is 0 Å². The van der Waals surface area contributed by atoms with Crippen LogP contribution in [-0.2, 0) is 11.3 Å². The molecule has 5 heteroatoms. The quantitative estimate of drug-likeness (QED) is 0.350. The van der Waals surface area contributed by atoms with E-state index in [-0.39, 0.29) is 5.91 Å². The van der Waals surface area contributed by atoms with Crippen molar-refractivity contribution in [2.24, 2.45) is 5.84 Å². The third-order valence-electron chi connectivity index (χ3n) is 2.72. The lowest BCUT2D eigenvalue weighted by Gasteiger charge is -2.16. The van der Waals surface area contributed by atoms with Gasteiger partial charge in [0.15, 0.2) is 0 Å². The summed E-state index contributed by atoms with van der Waals surface area (Å²) in [7, 11) is 2.09. The number of nitrogens with two attached hydrogens (primary N) is 1. The maximum atomic E-state index is 10.9. The van der Waals surface area contributed by atoms with Crippen molar-refractivity contribution in [2.75, 3.05) is 13.6 Å². The van der Waals surface area contributed by atoms with Gasteiger partial charge < -0.3 is 4.90 Å². The first-order valence-electron chi connectivity index (χ1n) is 6.04. The van der Waals surface area contributed by atoms with E-state index in [0.717, 1.165) is 30.4 Å². The number of benzene rings is 1. The summed E-state index contributed by atoms with van der Waals surface area (Å²) in [4.78, 5) is 13.2. The van der Waals surface area contributed by atoms with Crippen molar-refractivity contribution in [1.29, 1.82) is 0 Å². The molecule has 1 amide bonds. The van der Waals surface area contributed by atoms with Crippen LogP contribution in [0.5, 0.6) is 0 Å². The molecule has 18 heavy (non-hydrogen) atoms. The van der Waals surface area contributed by atoms with Gasteiger partial charge in [0, 0.05) is 17.4 Å². The second-order valence-electron chi connectivity index (χ2n) is 4.39. The number of hydrogen-bond donors (Lipinski definition) is 2. The third-order valence-corrected chi connectivity index (χ3v) is 3.25. The molecule has 0 radical (unpaired) electrons. The number of carbonyl (C=O) groups excluding carboxylic acids is 1. The highest BCUT2D eigenvalue weighted by Gasteiger charge is 2.02. The highest BCUT2D eigenvalue weighted by atomic mass is 79.9. The van der Waals surface area contributed by atoms with E-state index >= 15 is 0 Å². The third kappa shape index (κ3) is 6.14. The zero-order chi connectivity index (χ0) is 13.4. The van der Waals surface area contributed by atoms with Crippen molar-refractivity contribution >= 4 is 21.8 Å². The van der Waals surface area contributed by atoms with Gasteiger partial charge in [-0.3, -0.25) is 10.2 Å². The van der Waals surface area contributed by atoms with Crippen molar-refractivity contribution in [3.05, 3.63) is 34.3 Å². The maximum absolute atomic E-state index is 10.9. The molecule has 0 saturated heterocycles. The predicted molar refractivity (Wildman–Crippen MR) is 76.7 cm³/mol. The van der Waals surface area contributed by atoms with Gasteiger partial charge in [0.2, 0.25) is 5.91 Å². The van der Waals surface area contributed by atoms with Crippen LogP contribution in [0.15, 0.2) is 28.7 Å². The van der Waals surface area contributed by atoms with Crippen molar-refractivity contribution in [3.63, 3.8) is 0 Å². The number of nitrogens with one attached hydrogen (secondary N) is 1. The van der Waals surface area contributed by atoms with E-state index in [2.05, 4.69) is 57.6 Å². The van der Waals surface area contributed by atoms with Crippen LogP contribution >= 0.6 is 15.9 Å². The number of unbranched alkanes of at least 4 members (excludes halogenated alkanes) is 1. The number of halogens is 1. The minimum atomic E-state index is -0.0921. The zero-order valence-corrected chi connectivity index (χ0v) is 12.2. The highest BCUT2D eigenvalue weighted by molar-refractivity contribution is 9.10. The van der Waals surface area contributed by atoms with E-state index in [1.807, 2.05) is 0 Å². The summed E-state index contributed by atoms with van der Waals surface area (Å²) in [5, 5.41) is 0. The van der Waals surface area contributed by atoms with Crippen LogP contribution < -0.4 is 11.3 Å². The number of rotatable bonds is 7. The number of hydrogen-bond acceptors (Lipinski definition) is 3. The van der Waals surface area contributed by atoms with Crippen LogP contribution in [-0.4, -0.2) is 24.4 Å². The Morgan fingerprint density at radius 1 is 1.33 bits per heavy atom. The lowest BCUT2D eigenvalue weighted by molar-refractivity contribution is -0.121. The molecule has 0 atom stereocenters. The Bertz CT molecular complexity index is 367. The fourth-order valence-corrected chi connectivity index (χ4v) is 1.98. The summed E-state index contributed by atoms with van der Waals surface area (Å²) in [5.74, 6) is 4.92. The molecule has 1 aromatic carbocycles. The number of nitrogens with zero attached hydrogens (tertiary/aromatic N) is 1. The molecule has 0 heterocycles. The summed E-state index contributed by atoms with van der Waals surface area (Å²) in [6.45, 7) is 1.91. The zero-order valence-electron chi connectivity index (χ0n) is 10.7. The SMILES string of the molecule is CN(CCCCC(=O)NN)Cc1ccc(Br)cc1. The molecule has 0 aliphatic heterocycles. The van der Waals surface area contributed by atoms with Crippen LogP contribution in [0.3, 0.4) is 0 Å². The van der Waals surface area contributed by atoms with Crippen LogP contribution in [0.4, 0.5) is 0 Å². The van der Waals surface area contributed by atoms with Crippen LogP contribution in [0.1, 0.15) is 24.8 Å². The minimum absolute atomic E-state index is 0.0921. The minimum Gasteiger partial charge on any atom is -0.302 e. The van der Waals surface area contributed by atoms with E-state index in [9.17, 15) is 4.79 Å². The number of hydrazine groups is 1. The second kappa shape index (κ2) is 8.24. The number of carbonyl (C=O) groups is 1. The van der Waals surface area contributed by atoms with Crippen molar-refractivity contribution < 1.29 is 4.79 Å². The van der Waals surface area contributed by atoms with Gasteiger partial charge in [0.05, 0.1) is 0 Å². The normalized spacial score (nSPS) is 10.7. The van der Waals surface area contributed by atoms with Crippen molar-refractivity contribution in [2.45, 2.75) is 25.8 Å². The standard InChI is InChI=1S/C13H20BrN3O/c1-17(9-3-2-4-13(18)16-15)10-11-5-7-12(14)8-6-11/h5-8H,2-4,9-10,15H2,1H3,(H,16,18). The van der Waals surface area contributed by atoms with Gasteiger partial charge in [-0.05, 0) is 44.1 Å². The van der Waals surface area contributed by atoms with Gasteiger partial charge in [-0.15, -0.1) is 0 Å². The van der Waals surface area contributed by atoms with Gasteiger partial charge in [-0.25, -0.2) is 5.84 Å². The molecule has 0 spiro atoms. The smallest absolute Gasteiger partial charge is 0.233 e. The molecule has 0 unspecified atom stereocenters. The molecule has 1 aromatic rings. The summed E-state index contributed by atoms with van der Waals surface area (Å²) < 4.78 is 1.10. The first kappa shape index (κ1) is 15.1. The largest absolute Gasteiger partial charge is 0.302 e. The Morgan fingerprint density at radius 2 is 2.00 bits per heavy atom. The summed E-state index contributed by atoms with van der Waals surface area (Å²) >= 11 is 3.42. The lowest BCUT2D eigenvalue weighted by atomic mass is 10.2. The fraction of sp³-hybridized carbons (Fsp3) is 0.462.